The number of carbonyl (C=O) groups is 1. The van der Waals surface area contributed by atoms with Crippen LogP contribution in [0.2, 0.25) is 0 Å². The van der Waals surface area contributed by atoms with Crippen LogP contribution in [0.4, 0.5) is 4.39 Å². The van der Waals surface area contributed by atoms with Crippen LogP contribution < -0.4 is 4.74 Å². The minimum Gasteiger partial charge on any atom is -0.497 e. The molecule has 0 aliphatic heterocycles. The number of nitriles is 1. The summed E-state index contributed by atoms with van der Waals surface area (Å²) in [5, 5.41) is 9.31. The highest BCUT2D eigenvalue weighted by molar-refractivity contribution is 6.02. The molecular formula is C17H14FNO2. The van der Waals surface area contributed by atoms with Gasteiger partial charge in [-0.2, -0.15) is 5.26 Å². The van der Waals surface area contributed by atoms with Crippen molar-refractivity contribution in [2.75, 3.05) is 7.11 Å². The van der Waals surface area contributed by atoms with E-state index in [1.807, 2.05) is 6.07 Å². The fourth-order valence-corrected chi connectivity index (χ4v) is 2.07. The number of hydrogen-bond acceptors (Lipinski definition) is 3. The Labute approximate surface area is 122 Å². The topological polar surface area (TPSA) is 50.1 Å². The highest BCUT2D eigenvalue weighted by atomic mass is 19.1. The molecular weight excluding hydrogens is 269 g/mol. The lowest BCUT2D eigenvalue weighted by Crippen LogP contribution is -2.11. The average Bonchev–Trinajstić information content (AvgIpc) is 2.51. The fourth-order valence-electron chi connectivity index (χ4n) is 2.07. The first kappa shape index (κ1) is 14.7. The van der Waals surface area contributed by atoms with Gasteiger partial charge in [0.05, 0.1) is 13.2 Å². The van der Waals surface area contributed by atoms with Crippen molar-refractivity contribution in [2.45, 2.75) is 12.8 Å². The Morgan fingerprint density at radius 3 is 2.67 bits per heavy atom. The van der Waals surface area contributed by atoms with Gasteiger partial charge in [-0.3, -0.25) is 4.79 Å². The van der Waals surface area contributed by atoms with Gasteiger partial charge < -0.3 is 4.74 Å². The first-order valence-electron chi connectivity index (χ1n) is 6.40. The second-order valence-electron chi connectivity index (χ2n) is 4.67. The predicted molar refractivity (Wildman–Crippen MR) is 76.8 cm³/mol. The highest BCUT2D eigenvalue weighted by Gasteiger charge is 2.22. The van der Waals surface area contributed by atoms with E-state index in [9.17, 15) is 14.4 Å². The molecule has 0 bridgehead atoms. The zero-order valence-electron chi connectivity index (χ0n) is 11.8. The number of benzene rings is 2. The van der Waals surface area contributed by atoms with Crippen molar-refractivity contribution >= 4 is 5.78 Å². The molecule has 0 aliphatic carbocycles. The van der Waals surface area contributed by atoms with Gasteiger partial charge >= 0.3 is 0 Å². The first-order chi connectivity index (χ1) is 10.1. The number of Topliss-reactive ketones (excluding diaryl/α,β-unsaturated/α-hetero) is 1. The van der Waals surface area contributed by atoms with Gasteiger partial charge in [-0.15, -0.1) is 0 Å². The van der Waals surface area contributed by atoms with Crippen molar-refractivity contribution in [3.05, 3.63) is 65.0 Å². The number of halogens is 1. The van der Waals surface area contributed by atoms with E-state index < -0.39 is 5.92 Å². The molecule has 4 heteroatoms. The predicted octanol–water partition coefficient (Wildman–Crippen LogP) is 3.63. The third-order valence-electron chi connectivity index (χ3n) is 3.26. The van der Waals surface area contributed by atoms with Gasteiger partial charge in [0.2, 0.25) is 0 Å². The zero-order valence-corrected chi connectivity index (χ0v) is 11.8. The second-order valence-corrected chi connectivity index (χ2v) is 4.67. The lowest BCUT2D eigenvalue weighted by Gasteiger charge is -2.10. The summed E-state index contributed by atoms with van der Waals surface area (Å²) in [6, 6.07) is 12.9. The molecule has 0 spiro atoms. The molecule has 0 saturated heterocycles. The normalized spacial score (nSPS) is 11.5. The Bertz CT molecular complexity index is 719. The summed E-state index contributed by atoms with van der Waals surface area (Å²) in [6.45, 7) is 1.58. The minimum absolute atomic E-state index is 0.322. The molecule has 106 valence electrons. The third-order valence-corrected chi connectivity index (χ3v) is 3.26. The molecule has 2 aromatic carbocycles. The molecule has 21 heavy (non-hydrogen) atoms. The van der Waals surface area contributed by atoms with Crippen molar-refractivity contribution in [2.24, 2.45) is 0 Å². The van der Waals surface area contributed by atoms with E-state index in [-0.39, 0.29) is 11.6 Å². The van der Waals surface area contributed by atoms with Crippen LogP contribution >= 0.6 is 0 Å². The summed E-state index contributed by atoms with van der Waals surface area (Å²) in [4.78, 5) is 12.5. The van der Waals surface area contributed by atoms with Crippen LogP contribution in [0.1, 0.15) is 27.4 Å². The Balaban J connectivity index is 2.38. The highest BCUT2D eigenvalue weighted by Crippen LogP contribution is 2.24. The van der Waals surface area contributed by atoms with Gasteiger partial charge in [0, 0.05) is 5.56 Å². The monoisotopic (exact) mass is 283 g/mol. The molecule has 0 aromatic heterocycles. The molecule has 1 unspecified atom stereocenters. The van der Waals surface area contributed by atoms with Crippen molar-refractivity contribution in [1.29, 1.82) is 5.26 Å². The van der Waals surface area contributed by atoms with E-state index in [0.29, 0.717) is 22.4 Å². The number of carbonyl (C=O) groups excluding carboxylic acids is 1. The smallest absolute Gasteiger partial charge is 0.184 e. The molecule has 0 aliphatic rings. The SMILES string of the molecule is COc1cccc(C(C#N)C(=O)c2ccc(F)c(C)c2)c1. The summed E-state index contributed by atoms with van der Waals surface area (Å²) in [5.41, 5.74) is 1.26. The molecule has 0 fully saturated rings. The van der Waals surface area contributed by atoms with E-state index in [1.54, 1.807) is 31.2 Å². The molecule has 1 atom stereocenters. The summed E-state index contributed by atoms with van der Waals surface area (Å²) < 4.78 is 18.4. The standard InChI is InChI=1S/C17H14FNO2/c1-11-8-13(6-7-16(11)18)17(20)15(10-19)12-4-3-5-14(9-12)21-2/h3-9,15H,1-2H3. The average molecular weight is 283 g/mol. The maximum atomic E-state index is 13.3. The van der Waals surface area contributed by atoms with E-state index in [0.717, 1.165) is 0 Å². The van der Waals surface area contributed by atoms with E-state index in [4.69, 9.17) is 4.74 Å². The van der Waals surface area contributed by atoms with Gasteiger partial charge in [0.1, 0.15) is 17.5 Å². The number of aryl methyl sites for hydroxylation is 1. The van der Waals surface area contributed by atoms with Gasteiger partial charge in [0.25, 0.3) is 0 Å². The second kappa shape index (κ2) is 6.19. The Morgan fingerprint density at radius 2 is 2.05 bits per heavy atom. The number of ether oxygens (including phenoxy) is 1. The molecule has 0 saturated carbocycles. The molecule has 0 radical (unpaired) electrons. The van der Waals surface area contributed by atoms with Crippen molar-refractivity contribution in [3.63, 3.8) is 0 Å². The van der Waals surface area contributed by atoms with Crippen LogP contribution in [-0.4, -0.2) is 12.9 Å². The Kier molecular flexibility index (Phi) is 4.34. The van der Waals surface area contributed by atoms with Crippen LogP contribution in [0.15, 0.2) is 42.5 Å². The largest absolute Gasteiger partial charge is 0.497 e. The van der Waals surface area contributed by atoms with Crippen LogP contribution in [-0.2, 0) is 0 Å². The molecule has 0 N–H and O–H groups in total. The maximum absolute atomic E-state index is 13.3. The molecule has 2 aromatic rings. The Morgan fingerprint density at radius 1 is 1.29 bits per heavy atom. The van der Waals surface area contributed by atoms with E-state index in [2.05, 4.69) is 0 Å². The summed E-state index contributed by atoms with van der Waals surface area (Å²) in [7, 11) is 1.52. The van der Waals surface area contributed by atoms with Crippen LogP contribution in [0.3, 0.4) is 0 Å². The van der Waals surface area contributed by atoms with E-state index in [1.165, 1.54) is 25.3 Å². The number of rotatable bonds is 4. The molecule has 2 rings (SSSR count). The zero-order chi connectivity index (χ0) is 15.4. The molecule has 0 amide bonds. The third kappa shape index (κ3) is 3.09. The van der Waals surface area contributed by atoms with Gasteiger partial charge in [0.15, 0.2) is 5.78 Å². The van der Waals surface area contributed by atoms with Crippen LogP contribution in [0.5, 0.6) is 5.75 Å². The fraction of sp³-hybridized carbons (Fsp3) is 0.176. The first-order valence-corrected chi connectivity index (χ1v) is 6.40. The summed E-state index contributed by atoms with van der Waals surface area (Å²) in [5.74, 6) is -1.09. The Hall–Kier alpha value is -2.67. The summed E-state index contributed by atoms with van der Waals surface area (Å²) in [6.07, 6.45) is 0. The van der Waals surface area contributed by atoms with Crippen molar-refractivity contribution in [3.8, 4) is 11.8 Å². The molecule has 3 nitrogen and oxygen atoms in total. The van der Waals surface area contributed by atoms with Crippen LogP contribution in [0, 0.1) is 24.1 Å². The van der Waals surface area contributed by atoms with Crippen molar-refractivity contribution < 1.29 is 13.9 Å². The number of ketones is 1. The summed E-state index contributed by atoms with van der Waals surface area (Å²) >= 11 is 0. The minimum atomic E-state index is -0.940. The van der Waals surface area contributed by atoms with Gasteiger partial charge in [-0.1, -0.05) is 12.1 Å². The van der Waals surface area contributed by atoms with Crippen molar-refractivity contribution in [1.82, 2.24) is 0 Å². The quantitative estimate of drug-likeness (QED) is 0.805. The van der Waals surface area contributed by atoms with E-state index >= 15 is 0 Å². The lowest BCUT2D eigenvalue weighted by atomic mass is 9.91. The van der Waals surface area contributed by atoms with Crippen LogP contribution in [0.25, 0.3) is 0 Å². The number of methoxy groups -OCH3 is 1. The number of nitrogens with zero attached hydrogens (tertiary/aromatic N) is 1. The van der Waals surface area contributed by atoms with Gasteiger partial charge in [-0.25, -0.2) is 4.39 Å². The molecule has 0 heterocycles. The number of hydrogen-bond donors (Lipinski definition) is 0. The van der Waals surface area contributed by atoms with Gasteiger partial charge in [-0.05, 0) is 48.4 Å². The lowest BCUT2D eigenvalue weighted by molar-refractivity contribution is 0.0978. The maximum Gasteiger partial charge on any atom is 0.184 e.